The van der Waals surface area contributed by atoms with Crippen molar-refractivity contribution in [2.45, 2.75) is 105 Å². The Morgan fingerprint density at radius 1 is 0.704 bits per heavy atom. The van der Waals surface area contributed by atoms with Crippen LogP contribution in [0.3, 0.4) is 0 Å². The Bertz CT molecular complexity index is 423. The van der Waals surface area contributed by atoms with Gasteiger partial charge in [0.2, 0.25) is 0 Å². The van der Waals surface area contributed by atoms with Crippen molar-refractivity contribution < 1.29 is 21.7 Å². The maximum atomic E-state index is 3.44. The van der Waals surface area contributed by atoms with Gasteiger partial charge in [-0.05, 0) is 12.8 Å². The molecule has 2 aliphatic rings. The molecule has 2 aliphatic carbocycles. The van der Waals surface area contributed by atoms with E-state index >= 15 is 0 Å². The van der Waals surface area contributed by atoms with E-state index < -0.39 is 0 Å². The molecule has 0 aromatic rings. The van der Waals surface area contributed by atoms with Crippen LogP contribution >= 0.6 is 0 Å². The SMILES string of the molecule is CCCCCC(CC)C1=[C-]CC=C1.CCCCCC(CC)C1=[C-]CC=C1.[Ti+2]. The molecule has 2 unspecified atom stereocenters. The molecule has 0 aromatic heterocycles. The molecular formula is C26H42Ti. The summed E-state index contributed by atoms with van der Waals surface area (Å²) in [6.45, 7) is 9.11. The van der Waals surface area contributed by atoms with Crippen LogP contribution in [-0.4, -0.2) is 0 Å². The normalized spacial score (nSPS) is 16.9. The van der Waals surface area contributed by atoms with Gasteiger partial charge in [0.1, 0.15) is 0 Å². The van der Waals surface area contributed by atoms with Crippen LogP contribution in [0.2, 0.25) is 0 Å². The smallest absolute Gasteiger partial charge is 0.269 e. The Hall–Kier alpha value is -0.326. The molecule has 0 fully saturated rings. The van der Waals surface area contributed by atoms with E-state index in [4.69, 9.17) is 0 Å². The summed E-state index contributed by atoms with van der Waals surface area (Å²) in [7, 11) is 0. The minimum Gasteiger partial charge on any atom is -0.269 e. The Morgan fingerprint density at radius 3 is 1.37 bits per heavy atom. The summed E-state index contributed by atoms with van der Waals surface area (Å²) in [4.78, 5) is 0. The Morgan fingerprint density at radius 2 is 1.11 bits per heavy atom. The Balaban J connectivity index is 0.000000483. The first-order valence-electron chi connectivity index (χ1n) is 11.3. The number of unbranched alkanes of at least 4 members (excludes halogenated alkanes) is 4. The maximum Gasteiger partial charge on any atom is 2.00 e. The molecular weight excluding hydrogens is 360 g/mol. The zero-order valence-corrected chi connectivity index (χ0v) is 20.0. The van der Waals surface area contributed by atoms with Gasteiger partial charge in [0.05, 0.1) is 0 Å². The van der Waals surface area contributed by atoms with E-state index in [-0.39, 0.29) is 21.7 Å². The second-order valence-corrected chi connectivity index (χ2v) is 7.68. The molecule has 150 valence electrons. The van der Waals surface area contributed by atoms with E-state index in [1.165, 1.54) is 75.4 Å². The summed E-state index contributed by atoms with van der Waals surface area (Å²) in [6.07, 6.45) is 31.4. The first kappa shape index (κ1) is 26.7. The van der Waals surface area contributed by atoms with Crippen LogP contribution in [0.1, 0.15) is 105 Å². The summed E-state index contributed by atoms with van der Waals surface area (Å²) in [5, 5.41) is 0. The van der Waals surface area contributed by atoms with Crippen molar-refractivity contribution in [3.05, 3.63) is 47.6 Å². The van der Waals surface area contributed by atoms with Crippen molar-refractivity contribution in [3.8, 4) is 0 Å². The van der Waals surface area contributed by atoms with Crippen LogP contribution in [0.5, 0.6) is 0 Å². The zero-order chi connectivity index (χ0) is 19.0. The number of allylic oxidation sites excluding steroid dienone is 8. The molecule has 0 aromatic carbocycles. The fourth-order valence-electron chi connectivity index (χ4n) is 3.84. The minimum absolute atomic E-state index is 0. The van der Waals surface area contributed by atoms with Gasteiger partial charge in [-0.15, -0.1) is 12.8 Å². The molecule has 0 saturated carbocycles. The number of rotatable bonds is 12. The quantitative estimate of drug-likeness (QED) is 0.174. The predicted molar refractivity (Wildman–Crippen MR) is 117 cm³/mol. The van der Waals surface area contributed by atoms with E-state index in [0.717, 1.165) is 24.7 Å². The molecule has 0 radical (unpaired) electrons. The van der Waals surface area contributed by atoms with Crippen LogP contribution in [-0.2, 0) is 21.7 Å². The third-order valence-electron chi connectivity index (χ3n) is 5.62. The fourth-order valence-corrected chi connectivity index (χ4v) is 3.84. The summed E-state index contributed by atoms with van der Waals surface area (Å²) >= 11 is 0. The van der Waals surface area contributed by atoms with Crippen molar-refractivity contribution in [2.24, 2.45) is 11.8 Å². The van der Waals surface area contributed by atoms with Crippen molar-refractivity contribution in [1.29, 1.82) is 0 Å². The molecule has 0 nitrogen and oxygen atoms in total. The van der Waals surface area contributed by atoms with Gasteiger partial charge in [-0.2, -0.15) is 12.2 Å². The first-order chi connectivity index (χ1) is 12.8. The molecule has 0 saturated heterocycles. The molecule has 2 atom stereocenters. The van der Waals surface area contributed by atoms with E-state index in [1.54, 1.807) is 0 Å². The van der Waals surface area contributed by atoms with E-state index in [2.05, 4.69) is 64.2 Å². The van der Waals surface area contributed by atoms with Crippen LogP contribution in [0, 0.1) is 24.0 Å². The molecule has 0 N–H and O–H groups in total. The molecule has 0 aliphatic heterocycles. The average molecular weight is 402 g/mol. The summed E-state index contributed by atoms with van der Waals surface area (Å²) in [6, 6.07) is 0. The fraction of sp³-hybridized carbons (Fsp3) is 0.692. The Labute approximate surface area is 185 Å². The van der Waals surface area contributed by atoms with Crippen molar-refractivity contribution in [2.75, 3.05) is 0 Å². The number of hydrogen-bond donors (Lipinski definition) is 0. The predicted octanol–water partition coefficient (Wildman–Crippen LogP) is 8.56. The van der Waals surface area contributed by atoms with Gasteiger partial charge < -0.3 is 0 Å². The summed E-state index contributed by atoms with van der Waals surface area (Å²) in [5.41, 5.74) is 2.94. The molecule has 0 spiro atoms. The van der Waals surface area contributed by atoms with Crippen LogP contribution in [0.25, 0.3) is 0 Å². The van der Waals surface area contributed by atoms with Gasteiger partial charge in [-0.1, -0.05) is 90.9 Å². The second kappa shape index (κ2) is 17.8. The van der Waals surface area contributed by atoms with E-state index in [1.807, 2.05) is 0 Å². The summed E-state index contributed by atoms with van der Waals surface area (Å²) in [5.74, 6) is 1.57. The van der Waals surface area contributed by atoms with Gasteiger partial charge >= 0.3 is 21.7 Å². The molecule has 1 heteroatoms. The first-order valence-corrected chi connectivity index (χ1v) is 11.3. The largest absolute Gasteiger partial charge is 2.00 e. The van der Waals surface area contributed by atoms with Crippen LogP contribution in [0.4, 0.5) is 0 Å². The monoisotopic (exact) mass is 402 g/mol. The van der Waals surface area contributed by atoms with Crippen molar-refractivity contribution >= 4 is 0 Å². The molecule has 0 amide bonds. The molecule has 0 bridgehead atoms. The number of hydrogen-bond acceptors (Lipinski definition) is 0. The zero-order valence-electron chi connectivity index (χ0n) is 18.4. The van der Waals surface area contributed by atoms with Gasteiger partial charge in [0, 0.05) is 0 Å². The Kier molecular flexibility index (Phi) is 17.5. The third kappa shape index (κ3) is 11.3. The molecule has 0 heterocycles. The van der Waals surface area contributed by atoms with Crippen LogP contribution in [0.15, 0.2) is 35.5 Å². The van der Waals surface area contributed by atoms with Gasteiger partial charge in [-0.25, -0.2) is 23.3 Å². The third-order valence-corrected chi connectivity index (χ3v) is 5.62. The summed E-state index contributed by atoms with van der Waals surface area (Å²) < 4.78 is 0. The standard InChI is InChI=1S/2C13H21.Ti/c2*1-3-5-6-9-12(4-2)13-10-7-8-11-13;/h2*7,10,12H,3-6,8-9H2,1-2H3;/q2*-1;+2. The topological polar surface area (TPSA) is 0 Å². The van der Waals surface area contributed by atoms with Gasteiger partial charge in [0.25, 0.3) is 0 Å². The van der Waals surface area contributed by atoms with Crippen LogP contribution < -0.4 is 0 Å². The van der Waals surface area contributed by atoms with Crippen molar-refractivity contribution in [1.82, 2.24) is 0 Å². The maximum absolute atomic E-state index is 3.44. The molecule has 27 heavy (non-hydrogen) atoms. The van der Waals surface area contributed by atoms with Crippen molar-refractivity contribution in [3.63, 3.8) is 0 Å². The molecule has 2 rings (SSSR count). The van der Waals surface area contributed by atoms with E-state index in [0.29, 0.717) is 0 Å². The van der Waals surface area contributed by atoms with E-state index in [9.17, 15) is 0 Å². The van der Waals surface area contributed by atoms with Gasteiger partial charge in [-0.3, -0.25) is 12.2 Å². The van der Waals surface area contributed by atoms with Gasteiger partial charge in [0.15, 0.2) is 0 Å². The minimum atomic E-state index is 0. The average Bonchev–Trinajstić information content (AvgIpc) is 3.37. The second-order valence-electron chi connectivity index (χ2n) is 7.68.